The van der Waals surface area contributed by atoms with Crippen molar-refractivity contribution in [2.45, 2.75) is 39.3 Å². The van der Waals surface area contributed by atoms with Crippen molar-refractivity contribution in [3.05, 3.63) is 34.9 Å². The highest BCUT2D eigenvalue weighted by Gasteiger charge is 2.15. The van der Waals surface area contributed by atoms with Gasteiger partial charge in [-0.15, -0.1) is 0 Å². The molecule has 0 spiro atoms. The quantitative estimate of drug-likeness (QED) is 0.818. The number of nitrogens with one attached hydrogen (secondary N) is 2. The Hall–Kier alpha value is -1.26. The third-order valence-electron chi connectivity index (χ3n) is 2.62. The maximum Gasteiger partial charge on any atom is 0.407 e. The summed E-state index contributed by atoms with van der Waals surface area (Å²) in [7, 11) is 0. The average molecular weight is 299 g/mol. The maximum atomic E-state index is 11.4. The number of amides is 1. The van der Waals surface area contributed by atoms with Gasteiger partial charge in [-0.25, -0.2) is 4.79 Å². The van der Waals surface area contributed by atoms with Crippen LogP contribution in [0.3, 0.4) is 0 Å². The summed E-state index contributed by atoms with van der Waals surface area (Å²) in [5.41, 5.74) is 0.578. The van der Waals surface area contributed by atoms with Gasteiger partial charge >= 0.3 is 6.09 Å². The highest BCUT2D eigenvalue weighted by atomic mass is 35.5. The summed E-state index contributed by atoms with van der Waals surface area (Å²) >= 11 is 6.13. The van der Waals surface area contributed by atoms with Crippen LogP contribution in [0.25, 0.3) is 0 Å². The van der Waals surface area contributed by atoms with Gasteiger partial charge in [0.15, 0.2) is 0 Å². The third-order valence-corrected chi connectivity index (χ3v) is 2.96. The Kier molecular flexibility index (Phi) is 6.30. The van der Waals surface area contributed by atoms with Gasteiger partial charge in [-0.1, -0.05) is 29.8 Å². The van der Waals surface area contributed by atoms with Gasteiger partial charge in [0.1, 0.15) is 5.60 Å². The first-order chi connectivity index (χ1) is 9.29. The van der Waals surface area contributed by atoms with Gasteiger partial charge in [0.25, 0.3) is 0 Å². The number of ether oxygens (including phenoxy) is 1. The molecule has 20 heavy (non-hydrogen) atoms. The summed E-state index contributed by atoms with van der Waals surface area (Å²) in [6, 6.07) is 7.85. The van der Waals surface area contributed by atoms with Crippen LogP contribution < -0.4 is 10.6 Å². The van der Waals surface area contributed by atoms with Crippen LogP contribution in [0.4, 0.5) is 4.79 Å². The number of halogens is 1. The van der Waals surface area contributed by atoms with Gasteiger partial charge in [0.05, 0.1) is 0 Å². The zero-order valence-corrected chi connectivity index (χ0v) is 13.3. The Morgan fingerprint density at radius 1 is 1.30 bits per heavy atom. The van der Waals surface area contributed by atoms with E-state index in [1.54, 1.807) is 0 Å². The minimum atomic E-state index is -0.470. The molecule has 1 aromatic carbocycles. The molecule has 0 bridgehead atoms. The lowest BCUT2D eigenvalue weighted by Gasteiger charge is -2.20. The molecule has 2 N–H and O–H groups in total. The molecule has 0 fully saturated rings. The molecule has 1 amide bonds. The number of carbonyl (C=O) groups is 1. The smallest absolute Gasteiger partial charge is 0.407 e. The lowest BCUT2D eigenvalue weighted by molar-refractivity contribution is 0.0528. The van der Waals surface area contributed by atoms with E-state index in [1.165, 1.54) is 0 Å². The van der Waals surface area contributed by atoms with Crippen LogP contribution in [0.1, 0.15) is 39.3 Å². The first kappa shape index (κ1) is 16.8. The Balaban J connectivity index is 2.28. The zero-order valence-electron chi connectivity index (χ0n) is 12.5. The molecule has 0 aliphatic carbocycles. The normalized spacial score (nSPS) is 12.8. The molecule has 0 saturated heterocycles. The monoisotopic (exact) mass is 298 g/mol. The highest BCUT2D eigenvalue weighted by molar-refractivity contribution is 6.31. The predicted octanol–water partition coefficient (Wildman–Crippen LogP) is 3.52. The van der Waals surface area contributed by atoms with Gasteiger partial charge in [-0.05, 0) is 39.3 Å². The summed E-state index contributed by atoms with van der Waals surface area (Å²) in [5, 5.41) is 6.75. The van der Waals surface area contributed by atoms with Crippen molar-refractivity contribution in [1.82, 2.24) is 10.6 Å². The molecule has 0 aliphatic rings. The van der Waals surface area contributed by atoms with Gasteiger partial charge < -0.3 is 15.4 Å². The number of hydrogen-bond acceptors (Lipinski definition) is 3. The minimum absolute atomic E-state index is 0.129. The van der Waals surface area contributed by atoms with Crippen molar-refractivity contribution in [1.29, 1.82) is 0 Å². The second-order valence-corrected chi connectivity index (χ2v) is 6.03. The molecule has 0 unspecified atom stereocenters. The molecule has 0 aromatic heterocycles. The Bertz CT molecular complexity index is 444. The molecule has 1 aromatic rings. The average Bonchev–Trinajstić information content (AvgIpc) is 2.33. The molecule has 0 aliphatic heterocycles. The van der Waals surface area contributed by atoms with E-state index >= 15 is 0 Å². The van der Waals surface area contributed by atoms with Gasteiger partial charge in [0, 0.05) is 24.2 Å². The van der Waals surface area contributed by atoms with Crippen molar-refractivity contribution in [2.75, 3.05) is 13.1 Å². The van der Waals surface area contributed by atoms with Gasteiger partial charge in [-0.2, -0.15) is 0 Å². The number of alkyl carbamates (subject to hydrolysis) is 1. The fraction of sp³-hybridized carbons (Fsp3) is 0.533. The van der Waals surface area contributed by atoms with Crippen molar-refractivity contribution >= 4 is 17.7 Å². The van der Waals surface area contributed by atoms with E-state index in [4.69, 9.17) is 16.3 Å². The summed E-state index contributed by atoms with van der Waals surface area (Å²) in [4.78, 5) is 11.4. The molecule has 112 valence electrons. The van der Waals surface area contributed by atoms with Crippen LogP contribution >= 0.6 is 11.6 Å². The maximum absolute atomic E-state index is 11.4. The van der Waals surface area contributed by atoms with Crippen molar-refractivity contribution in [3.63, 3.8) is 0 Å². The zero-order chi connectivity index (χ0) is 15.2. The molecular formula is C15H23ClN2O2. The van der Waals surface area contributed by atoms with Crippen LogP contribution in [-0.2, 0) is 4.74 Å². The van der Waals surface area contributed by atoms with E-state index in [1.807, 2.05) is 52.0 Å². The minimum Gasteiger partial charge on any atom is -0.444 e. The SMILES string of the molecule is C[C@@H](NCCNC(=O)OC(C)(C)C)c1ccccc1Cl. The second kappa shape index (κ2) is 7.50. The van der Waals surface area contributed by atoms with Gasteiger partial charge in [-0.3, -0.25) is 0 Å². The number of carbonyl (C=O) groups excluding carboxylic acids is 1. The van der Waals surface area contributed by atoms with E-state index in [-0.39, 0.29) is 6.04 Å². The molecule has 0 saturated carbocycles. The molecule has 1 atom stereocenters. The van der Waals surface area contributed by atoms with Crippen molar-refractivity contribution in [2.24, 2.45) is 0 Å². The van der Waals surface area contributed by atoms with Gasteiger partial charge in [0.2, 0.25) is 0 Å². The molecule has 4 nitrogen and oxygen atoms in total. The highest BCUT2D eigenvalue weighted by Crippen LogP contribution is 2.21. The topological polar surface area (TPSA) is 50.4 Å². The molecule has 1 rings (SSSR count). The third kappa shape index (κ3) is 6.26. The van der Waals surface area contributed by atoms with Crippen LogP contribution in [0.5, 0.6) is 0 Å². The molecule has 0 heterocycles. The number of rotatable bonds is 5. The van der Waals surface area contributed by atoms with E-state index in [2.05, 4.69) is 10.6 Å². The Labute approximate surface area is 125 Å². The lowest BCUT2D eigenvalue weighted by Crippen LogP contribution is -2.36. The second-order valence-electron chi connectivity index (χ2n) is 5.63. The molecule has 5 heteroatoms. The van der Waals surface area contributed by atoms with Crippen molar-refractivity contribution < 1.29 is 9.53 Å². The van der Waals surface area contributed by atoms with Crippen LogP contribution in [0, 0.1) is 0 Å². The molecular weight excluding hydrogens is 276 g/mol. The Morgan fingerprint density at radius 3 is 2.55 bits per heavy atom. The van der Waals surface area contributed by atoms with E-state index < -0.39 is 11.7 Å². The Morgan fingerprint density at radius 2 is 1.95 bits per heavy atom. The fourth-order valence-corrected chi connectivity index (χ4v) is 2.00. The number of hydrogen-bond donors (Lipinski definition) is 2. The van der Waals surface area contributed by atoms with E-state index in [9.17, 15) is 4.79 Å². The van der Waals surface area contributed by atoms with Crippen molar-refractivity contribution in [3.8, 4) is 0 Å². The fourth-order valence-electron chi connectivity index (χ4n) is 1.70. The summed E-state index contributed by atoms with van der Waals surface area (Å²) in [6.07, 6.45) is -0.398. The first-order valence-corrected chi connectivity index (χ1v) is 7.12. The van der Waals surface area contributed by atoms with E-state index in [0.717, 1.165) is 10.6 Å². The summed E-state index contributed by atoms with van der Waals surface area (Å²) in [6.45, 7) is 8.70. The van der Waals surface area contributed by atoms with Crippen LogP contribution in [0.15, 0.2) is 24.3 Å². The van der Waals surface area contributed by atoms with Crippen LogP contribution in [-0.4, -0.2) is 24.8 Å². The summed E-state index contributed by atoms with van der Waals surface area (Å²) in [5.74, 6) is 0. The lowest BCUT2D eigenvalue weighted by atomic mass is 10.1. The first-order valence-electron chi connectivity index (χ1n) is 6.74. The van der Waals surface area contributed by atoms with E-state index in [0.29, 0.717) is 13.1 Å². The van der Waals surface area contributed by atoms with Crippen LogP contribution in [0.2, 0.25) is 5.02 Å². The molecule has 0 radical (unpaired) electrons. The standard InChI is InChI=1S/C15H23ClN2O2/c1-11(12-7-5-6-8-13(12)16)17-9-10-18-14(19)20-15(2,3)4/h5-8,11,17H,9-10H2,1-4H3,(H,18,19)/t11-/m1/s1. The predicted molar refractivity (Wildman–Crippen MR) is 82.1 cm³/mol. The number of benzene rings is 1. The summed E-state index contributed by atoms with van der Waals surface area (Å²) < 4.78 is 5.15. The largest absolute Gasteiger partial charge is 0.444 e.